The monoisotopic (exact) mass is 294 g/mol. The maximum absolute atomic E-state index is 13.7. The van der Waals surface area contributed by atoms with Gasteiger partial charge in [-0.1, -0.05) is 6.07 Å². The third-order valence-electron chi connectivity index (χ3n) is 4.62. The predicted molar refractivity (Wildman–Crippen MR) is 75.6 cm³/mol. The molecule has 0 spiro atoms. The van der Waals surface area contributed by atoms with Crippen LogP contribution in [-0.2, 0) is 4.79 Å². The summed E-state index contributed by atoms with van der Waals surface area (Å²) in [6.07, 6.45) is 4.13. The first-order valence-corrected chi connectivity index (χ1v) is 7.56. The Balaban J connectivity index is 1.59. The predicted octanol–water partition coefficient (Wildman–Crippen LogP) is 2.45. The molecule has 2 aliphatic carbocycles. The molecule has 5 heteroatoms. The maximum Gasteiger partial charge on any atom is 0.223 e. The second-order valence-electron chi connectivity index (χ2n) is 6.20. The largest absolute Gasteiger partial charge is 0.353 e. The summed E-state index contributed by atoms with van der Waals surface area (Å²) in [5.74, 6) is -1.81. The van der Waals surface area contributed by atoms with Crippen molar-refractivity contribution in [2.24, 2.45) is 11.7 Å². The van der Waals surface area contributed by atoms with Gasteiger partial charge in [0.25, 0.3) is 0 Å². The lowest BCUT2D eigenvalue weighted by molar-refractivity contribution is -0.123. The summed E-state index contributed by atoms with van der Waals surface area (Å²) < 4.78 is 27.4. The van der Waals surface area contributed by atoms with E-state index in [0.29, 0.717) is 6.42 Å². The molecule has 1 aromatic carbocycles. The standard InChI is InChI=1S/C16H20F2N2O/c17-13-2-1-3-14(18)15(13)11-8-12(11)16(21)20-10-6-4-9(19)5-7-10/h1-3,9-12H,4-8,19H2,(H,20,21). The molecule has 3 rings (SSSR count). The second-order valence-corrected chi connectivity index (χ2v) is 6.20. The summed E-state index contributed by atoms with van der Waals surface area (Å²) >= 11 is 0. The van der Waals surface area contributed by atoms with E-state index >= 15 is 0 Å². The highest BCUT2D eigenvalue weighted by Crippen LogP contribution is 2.49. The van der Waals surface area contributed by atoms with Gasteiger partial charge in [0.2, 0.25) is 5.91 Å². The fraction of sp³-hybridized carbons (Fsp3) is 0.562. The number of halogens is 2. The minimum absolute atomic E-state index is 0.0586. The zero-order valence-electron chi connectivity index (χ0n) is 11.8. The topological polar surface area (TPSA) is 55.1 Å². The molecule has 0 heterocycles. The lowest BCUT2D eigenvalue weighted by atomic mass is 9.91. The van der Waals surface area contributed by atoms with Crippen molar-refractivity contribution in [2.75, 3.05) is 0 Å². The van der Waals surface area contributed by atoms with Crippen molar-refractivity contribution in [3.8, 4) is 0 Å². The molecule has 21 heavy (non-hydrogen) atoms. The molecule has 2 fully saturated rings. The molecular formula is C16H20F2N2O. The van der Waals surface area contributed by atoms with E-state index in [1.165, 1.54) is 18.2 Å². The molecule has 0 saturated heterocycles. The summed E-state index contributed by atoms with van der Waals surface area (Å²) in [5.41, 5.74) is 5.89. The molecule has 0 radical (unpaired) electrons. The van der Waals surface area contributed by atoms with Crippen LogP contribution in [0.15, 0.2) is 18.2 Å². The minimum atomic E-state index is -0.557. The zero-order valence-corrected chi connectivity index (χ0v) is 11.8. The molecule has 3 nitrogen and oxygen atoms in total. The van der Waals surface area contributed by atoms with Gasteiger partial charge in [0, 0.05) is 29.5 Å². The number of amides is 1. The van der Waals surface area contributed by atoms with E-state index in [1.807, 2.05) is 0 Å². The van der Waals surface area contributed by atoms with Crippen LogP contribution in [0.25, 0.3) is 0 Å². The van der Waals surface area contributed by atoms with Gasteiger partial charge < -0.3 is 11.1 Å². The Hall–Kier alpha value is -1.49. The third-order valence-corrected chi connectivity index (χ3v) is 4.62. The van der Waals surface area contributed by atoms with E-state index in [2.05, 4.69) is 5.32 Å². The molecule has 114 valence electrons. The minimum Gasteiger partial charge on any atom is -0.353 e. The summed E-state index contributed by atoms with van der Waals surface area (Å²) in [6, 6.07) is 4.22. The van der Waals surface area contributed by atoms with Crippen molar-refractivity contribution in [3.05, 3.63) is 35.4 Å². The normalized spacial score (nSPS) is 31.8. The maximum atomic E-state index is 13.7. The first-order chi connectivity index (χ1) is 10.1. The number of nitrogens with two attached hydrogens (primary N) is 1. The molecule has 1 amide bonds. The van der Waals surface area contributed by atoms with Crippen molar-refractivity contribution < 1.29 is 13.6 Å². The number of carbonyl (C=O) groups excluding carboxylic acids is 1. The van der Waals surface area contributed by atoms with Gasteiger partial charge in [-0.05, 0) is 44.2 Å². The number of rotatable bonds is 3. The van der Waals surface area contributed by atoms with Crippen LogP contribution >= 0.6 is 0 Å². The fourth-order valence-electron chi connectivity index (χ4n) is 3.24. The van der Waals surface area contributed by atoms with E-state index in [-0.39, 0.29) is 35.4 Å². The van der Waals surface area contributed by atoms with Crippen LogP contribution in [0.3, 0.4) is 0 Å². The van der Waals surface area contributed by atoms with Gasteiger partial charge in [-0.25, -0.2) is 8.78 Å². The Bertz CT molecular complexity index is 521. The molecule has 0 aromatic heterocycles. The van der Waals surface area contributed by atoms with E-state index in [1.54, 1.807) is 0 Å². The number of carbonyl (C=O) groups is 1. The highest BCUT2D eigenvalue weighted by molar-refractivity contribution is 5.83. The van der Waals surface area contributed by atoms with Crippen LogP contribution < -0.4 is 11.1 Å². The van der Waals surface area contributed by atoms with Crippen molar-refractivity contribution in [2.45, 2.75) is 50.1 Å². The van der Waals surface area contributed by atoms with Crippen LogP contribution in [0.5, 0.6) is 0 Å². The lowest BCUT2D eigenvalue weighted by Crippen LogP contribution is -2.41. The fourth-order valence-corrected chi connectivity index (χ4v) is 3.24. The molecule has 1 aromatic rings. The van der Waals surface area contributed by atoms with Crippen molar-refractivity contribution in [3.63, 3.8) is 0 Å². The van der Waals surface area contributed by atoms with Gasteiger partial charge in [-0.2, -0.15) is 0 Å². The van der Waals surface area contributed by atoms with E-state index in [4.69, 9.17) is 5.73 Å². The molecule has 2 atom stereocenters. The first kappa shape index (κ1) is 14.4. The third kappa shape index (κ3) is 3.07. The lowest BCUT2D eigenvalue weighted by Gasteiger charge is -2.26. The van der Waals surface area contributed by atoms with Gasteiger partial charge in [-0.3, -0.25) is 4.79 Å². The van der Waals surface area contributed by atoms with Crippen LogP contribution in [0.4, 0.5) is 8.78 Å². The zero-order chi connectivity index (χ0) is 15.0. The number of hydrogen-bond donors (Lipinski definition) is 2. The molecule has 2 unspecified atom stereocenters. The SMILES string of the molecule is NC1CCC(NC(=O)C2CC2c2c(F)cccc2F)CC1. The van der Waals surface area contributed by atoms with Crippen molar-refractivity contribution in [1.29, 1.82) is 0 Å². The Morgan fingerprint density at radius 2 is 1.76 bits per heavy atom. The Labute approximate surface area is 122 Å². The number of nitrogens with one attached hydrogen (secondary N) is 1. The average molecular weight is 294 g/mol. The van der Waals surface area contributed by atoms with Gasteiger partial charge in [0.1, 0.15) is 11.6 Å². The van der Waals surface area contributed by atoms with Gasteiger partial charge >= 0.3 is 0 Å². The first-order valence-electron chi connectivity index (χ1n) is 7.56. The van der Waals surface area contributed by atoms with Crippen LogP contribution in [0, 0.1) is 17.6 Å². The molecule has 3 N–H and O–H groups in total. The summed E-state index contributed by atoms with van der Waals surface area (Å²) in [7, 11) is 0. The Morgan fingerprint density at radius 1 is 1.14 bits per heavy atom. The van der Waals surface area contributed by atoms with Crippen molar-refractivity contribution in [1.82, 2.24) is 5.32 Å². The Morgan fingerprint density at radius 3 is 2.38 bits per heavy atom. The van der Waals surface area contributed by atoms with Crippen LogP contribution in [0.2, 0.25) is 0 Å². The van der Waals surface area contributed by atoms with Gasteiger partial charge in [0.15, 0.2) is 0 Å². The molecule has 0 bridgehead atoms. The summed E-state index contributed by atoms with van der Waals surface area (Å²) in [5, 5.41) is 3.00. The average Bonchev–Trinajstić information content (AvgIpc) is 3.21. The van der Waals surface area contributed by atoms with Crippen LogP contribution in [0.1, 0.15) is 43.6 Å². The number of benzene rings is 1. The quantitative estimate of drug-likeness (QED) is 0.899. The number of hydrogen-bond acceptors (Lipinski definition) is 2. The summed E-state index contributed by atoms with van der Waals surface area (Å²) in [4.78, 5) is 12.2. The highest BCUT2D eigenvalue weighted by Gasteiger charge is 2.47. The summed E-state index contributed by atoms with van der Waals surface area (Å²) in [6.45, 7) is 0. The Kier molecular flexibility index (Phi) is 3.93. The molecule has 2 saturated carbocycles. The van der Waals surface area contributed by atoms with Gasteiger partial charge in [-0.15, -0.1) is 0 Å². The molecule has 0 aliphatic heterocycles. The van der Waals surface area contributed by atoms with E-state index in [9.17, 15) is 13.6 Å². The van der Waals surface area contributed by atoms with Crippen molar-refractivity contribution >= 4 is 5.91 Å². The van der Waals surface area contributed by atoms with E-state index in [0.717, 1.165) is 25.7 Å². The molecule has 2 aliphatic rings. The molecular weight excluding hydrogens is 274 g/mol. The second kappa shape index (κ2) is 5.72. The van der Waals surface area contributed by atoms with Crippen LogP contribution in [-0.4, -0.2) is 18.0 Å². The van der Waals surface area contributed by atoms with E-state index < -0.39 is 11.6 Å². The smallest absolute Gasteiger partial charge is 0.223 e. The highest BCUT2D eigenvalue weighted by atomic mass is 19.1. The van der Waals surface area contributed by atoms with Gasteiger partial charge in [0.05, 0.1) is 0 Å².